The molecule has 30 heavy (non-hydrogen) atoms. The zero-order valence-corrected chi connectivity index (χ0v) is 16.1. The Balaban J connectivity index is 1.88. The SMILES string of the molecule is O=C(Nc1ccccc1)O[C@H](c1ccc(O)c(F)c1)[C@@H](CCO)Oc1ccccc1. The van der Waals surface area contributed by atoms with Crippen molar-refractivity contribution in [3.63, 3.8) is 0 Å². The van der Waals surface area contributed by atoms with E-state index in [1.807, 2.05) is 12.1 Å². The van der Waals surface area contributed by atoms with Crippen LogP contribution in [0.5, 0.6) is 11.5 Å². The number of phenols is 1. The molecule has 0 unspecified atom stereocenters. The summed E-state index contributed by atoms with van der Waals surface area (Å²) >= 11 is 0. The number of anilines is 1. The van der Waals surface area contributed by atoms with E-state index in [-0.39, 0.29) is 18.6 Å². The third-order valence-corrected chi connectivity index (χ3v) is 4.34. The standard InChI is InChI=1S/C23H22FNO5/c24-19-15-16(11-12-20(19)27)22(30-23(28)25-17-7-3-1-4-8-17)21(13-14-26)29-18-9-5-2-6-10-18/h1-12,15,21-22,26-27H,13-14H2,(H,25,28)/t21-,22-/m1/s1. The number of carbonyl (C=O) groups excluding carboxylic acids is 1. The Kier molecular flexibility index (Phi) is 7.24. The van der Waals surface area contributed by atoms with Crippen molar-refractivity contribution in [2.75, 3.05) is 11.9 Å². The Morgan fingerprint density at radius 3 is 2.30 bits per heavy atom. The molecule has 7 heteroatoms. The molecule has 0 aliphatic rings. The van der Waals surface area contributed by atoms with Crippen molar-refractivity contribution in [2.45, 2.75) is 18.6 Å². The number of rotatable bonds is 8. The molecule has 0 aliphatic heterocycles. The van der Waals surface area contributed by atoms with E-state index in [0.29, 0.717) is 11.4 Å². The van der Waals surface area contributed by atoms with E-state index in [2.05, 4.69) is 5.32 Å². The van der Waals surface area contributed by atoms with Gasteiger partial charge in [-0.15, -0.1) is 0 Å². The summed E-state index contributed by atoms with van der Waals surface area (Å²) in [6.45, 7) is -0.238. The molecule has 0 radical (unpaired) electrons. The summed E-state index contributed by atoms with van der Waals surface area (Å²) in [6.07, 6.45) is -2.49. The first-order chi connectivity index (χ1) is 14.6. The quantitative estimate of drug-likeness (QED) is 0.502. The van der Waals surface area contributed by atoms with Crippen LogP contribution in [0.25, 0.3) is 0 Å². The van der Waals surface area contributed by atoms with Crippen molar-refractivity contribution in [3.05, 3.63) is 90.2 Å². The Bertz CT molecular complexity index is 952. The van der Waals surface area contributed by atoms with Gasteiger partial charge in [-0.3, -0.25) is 5.32 Å². The molecule has 0 heterocycles. The highest BCUT2D eigenvalue weighted by Gasteiger charge is 2.29. The van der Waals surface area contributed by atoms with Gasteiger partial charge in [0.05, 0.1) is 0 Å². The lowest BCUT2D eigenvalue weighted by Crippen LogP contribution is -2.31. The lowest BCUT2D eigenvalue weighted by molar-refractivity contribution is 0.00892. The van der Waals surface area contributed by atoms with Gasteiger partial charge in [0, 0.05) is 18.7 Å². The average molecular weight is 411 g/mol. The summed E-state index contributed by atoms with van der Waals surface area (Å²) in [6, 6.07) is 21.3. The molecule has 0 saturated heterocycles. The van der Waals surface area contributed by atoms with E-state index in [4.69, 9.17) is 9.47 Å². The minimum atomic E-state index is -1.05. The molecule has 0 fully saturated rings. The van der Waals surface area contributed by atoms with Crippen LogP contribution < -0.4 is 10.1 Å². The zero-order valence-electron chi connectivity index (χ0n) is 16.1. The average Bonchev–Trinajstić information content (AvgIpc) is 2.75. The number of para-hydroxylation sites is 2. The molecule has 0 aliphatic carbocycles. The maximum atomic E-state index is 14.0. The fourth-order valence-corrected chi connectivity index (χ4v) is 2.92. The predicted molar refractivity (Wildman–Crippen MR) is 110 cm³/mol. The van der Waals surface area contributed by atoms with Crippen LogP contribution in [0.2, 0.25) is 0 Å². The minimum absolute atomic E-state index is 0.126. The fraction of sp³-hybridized carbons (Fsp3) is 0.174. The molecule has 156 valence electrons. The van der Waals surface area contributed by atoms with E-state index in [1.165, 1.54) is 12.1 Å². The van der Waals surface area contributed by atoms with Gasteiger partial charge in [0.1, 0.15) is 11.9 Å². The van der Waals surface area contributed by atoms with E-state index >= 15 is 0 Å². The van der Waals surface area contributed by atoms with E-state index in [0.717, 1.165) is 6.07 Å². The van der Waals surface area contributed by atoms with Crippen LogP contribution in [0, 0.1) is 5.82 Å². The smallest absolute Gasteiger partial charge is 0.412 e. The second kappa shape index (κ2) is 10.3. The number of aliphatic hydroxyl groups is 1. The summed E-state index contributed by atoms with van der Waals surface area (Å²) in [7, 11) is 0. The summed E-state index contributed by atoms with van der Waals surface area (Å²) in [5.41, 5.74) is 0.809. The molecule has 3 rings (SSSR count). The largest absolute Gasteiger partial charge is 0.505 e. The van der Waals surface area contributed by atoms with Crippen LogP contribution in [0.4, 0.5) is 14.9 Å². The molecule has 0 bridgehead atoms. The third kappa shape index (κ3) is 5.71. The number of benzene rings is 3. The first-order valence-electron chi connectivity index (χ1n) is 9.40. The summed E-state index contributed by atoms with van der Waals surface area (Å²) in [4.78, 5) is 12.5. The minimum Gasteiger partial charge on any atom is -0.505 e. The molecular weight excluding hydrogens is 389 g/mol. The number of aliphatic hydroxyl groups excluding tert-OH is 1. The number of aromatic hydroxyl groups is 1. The van der Waals surface area contributed by atoms with Crippen molar-refractivity contribution < 1.29 is 28.9 Å². The number of amides is 1. The van der Waals surface area contributed by atoms with Gasteiger partial charge < -0.3 is 19.7 Å². The fourth-order valence-electron chi connectivity index (χ4n) is 2.92. The van der Waals surface area contributed by atoms with Gasteiger partial charge in [-0.25, -0.2) is 9.18 Å². The van der Waals surface area contributed by atoms with Crippen molar-refractivity contribution in [1.29, 1.82) is 0 Å². The lowest BCUT2D eigenvalue weighted by atomic mass is 10.0. The molecule has 0 aromatic heterocycles. The molecule has 3 N–H and O–H groups in total. The van der Waals surface area contributed by atoms with E-state index < -0.39 is 29.9 Å². The number of carbonyl (C=O) groups is 1. The second-order valence-corrected chi connectivity index (χ2v) is 6.51. The van der Waals surface area contributed by atoms with Crippen LogP contribution in [0.15, 0.2) is 78.9 Å². The van der Waals surface area contributed by atoms with Gasteiger partial charge in [0.15, 0.2) is 17.7 Å². The lowest BCUT2D eigenvalue weighted by Gasteiger charge is -2.28. The number of phenolic OH excluding ortho intramolecular Hbond substituents is 1. The van der Waals surface area contributed by atoms with Gasteiger partial charge in [-0.2, -0.15) is 0 Å². The molecule has 2 atom stereocenters. The number of halogens is 1. The molecule has 3 aromatic rings. The first kappa shape index (κ1) is 21.1. The highest BCUT2D eigenvalue weighted by molar-refractivity contribution is 5.84. The van der Waals surface area contributed by atoms with E-state index in [1.54, 1.807) is 48.5 Å². The number of ether oxygens (including phenoxy) is 2. The molecule has 6 nitrogen and oxygen atoms in total. The van der Waals surface area contributed by atoms with Crippen molar-refractivity contribution in [1.82, 2.24) is 0 Å². The van der Waals surface area contributed by atoms with Gasteiger partial charge >= 0.3 is 6.09 Å². The van der Waals surface area contributed by atoms with Crippen LogP contribution in [0.3, 0.4) is 0 Å². The Morgan fingerprint density at radius 2 is 1.67 bits per heavy atom. The highest BCUT2D eigenvalue weighted by Crippen LogP contribution is 2.30. The predicted octanol–water partition coefficient (Wildman–Crippen LogP) is 4.65. The number of nitrogens with one attached hydrogen (secondary N) is 1. The molecule has 0 spiro atoms. The van der Waals surface area contributed by atoms with Crippen molar-refractivity contribution in [3.8, 4) is 11.5 Å². The topological polar surface area (TPSA) is 88.0 Å². The Hall–Kier alpha value is -3.58. The molecule has 1 amide bonds. The molecule has 0 saturated carbocycles. The van der Waals surface area contributed by atoms with Gasteiger partial charge in [0.25, 0.3) is 0 Å². The third-order valence-electron chi connectivity index (χ3n) is 4.34. The normalized spacial score (nSPS) is 12.6. The second-order valence-electron chi connectivity index (χ2n) is 6.51. The van der Waals surface area contributed by atoms with Crippen molar-refractivity contribution >= 4 is 11.8 Å². The maximum Gasteiger partial charge on any atom is 0.412 e. The monoisotopic (exact) mass is 411 g/mol. The maximum absolute atomic E-state index is 14.0. The van der Waals surface area contributed by atoms with Gasteiger partial charge in [0.2, 0.25) is 0 Å². The molecular formula is C23H22FNO5. The number of hydrogen-bond donors (Lipinski definition) is 3. The van der Waals surface area contributed by atoms with Crippen LogP contribution >= 0.6 is 0 Å². The Morgan fingerprint density at radius 1 is 1.00 bits per heavy atom. The van der Waals surface area contributed by atoms with Crippen LogP contribution in [-0.4, -0.2) is 29.0 Å². The summed E-state index contributed by atoms with van der Waals surface area (Å²) in [5, 5.41) is 21.6. The van der Waals surface area contributed by atoms with Crippen molar-refractivity contribution in [2.24, 2.45) is 0 Å². The summed E-state index contributed by atoms with van der Waals surface area (Å²) in [5.74, 6) is -0.867. The van der Waals surface area contributed by atoms with Gasteiger partial charge in [-0.1, -0.05) is 42.5 Å². The van der Waals surface area contributed by atoms with Gasteiger partial charge in [-0.05, 0) is 42.0 Å². The molecule has 3 aromatic carbocycles. The number of hydrogen-bond acceptors (Lipinski definition) is 5. The highest BCUT2D eigenvalue weighted by atomic mass is 19.1. The first-order valence-corrected chi connectivity index (χ1v) is 9.40. The van der Waals surface area contributed by atoms with Crippen LogP contribution in [-0.2, 0) is 4.74 Å². The van der Waals surface area contributed by atoms with Crippen LogP contribution in [0.1, 0.15) is 18.1 Å². The Labute approximate surface area is 173 Å². The zero-order chi connectivity index (χ0) is 21.3. The van der Waals surface area contributed by atoms with E-state index in [9.17, 15) is 19.4 Å². The summed E-state index contributed by atoms with van der Waals surface area (Å²) < 4.78 is 25.5.